The highest BCUT2D eigenvalue weighted by Crippen LogP contribution is 2.20. The molecule has 1 atom stereocenters. The van der Waals surface area contributed by atoms with E-state index in [4.69, 9.17) is 5.11 Å². The normalized spacial score (nSPS) is 11.9. The first kappa shape index (κ1) is 14.3. The number of aromatic hydroxyl groups is 1. The highest BCUT2D eigenvalue weighted by atomic mass is 16.4. The molecule has 3 N–H and O–H groups in total. The molecule has 1 aromatic carbocycles. The van der Waals surface area contributed by atoms with Crippen molar-refractivity contribution in [2.24, 2.45) is 0 Å². The van der Waals surface area contributed by atoms with E-state index in [0.29, 0.717) is 12.0 Å². The molecule has 0 fully saturated rings. The number of benzene rings is 1. The summed E-state index contributed by atoms with van der Waals surface area (Å²) in [6.45, 7) is 3.93. The maximum absolute atomic E-state index is 10.6. The molecule has 1 aromatic rings. The Bertz CT molecular complexity index is 459. The smallest absolute Gasteiger partial charge is 0.332 e. The minimum Gasteiger partial charge on any atom is -0.508 e. The third-order valence-electron chi connectivity index (χ3n) is 2.59. The molecule has 0 aromatic heterocycles. The van der Waals surface area contributed by atoms with E-state index in [1.807, 2.05) is 19.9 Å². The molecule has 0 saturated heterocycles. The van der Waals surface area contributed by atoms with Gasteiger partial charge in [0, 0.05) is 6.42 Å². The number of allylic oxidation sites excluding steroid dienone is 2. The molecule has 0 aliphatic carbocycles. The van der Waals surface area contributed by atoms with Crippen molar-refractivity contribution >= 4 is 5.97 Å². The van der Waals surface area contributed by atoms with Crippen LogP contribution in [0.25, 0.3) is 0 Å². The standard InChI is InChI=1S/C14H18O4/c1-9(2)3-5-11-7-10(4-6-12(11)15)8-13(16)14(17)18/h3-4,6-7,13,15-16H,5,8H2,1-2H3,(H,17,18). The van der Waals surface area contributed by atoms with Gasteiger partial charge in [-0.15, -0.1) is 0 Å². The fourth-order valence-corrected chi connectivity index (χ4v) is 1.55. The Morgan fingerprint density at radius 1 is 1.39 bits per heavy atom. The number of hydrogen-bond donors (Lipinski definition) is 3. The second-order valence-electron chi connectivity index (χ2n) is 4.51. The summed E-state index contributed by atoms with van der Waals surface area (Å²) in [6, 6.07) is 4.87. The number of carboxylic acids is 1. The van der Waals surface area contributed by atoms with E-state index in [1.165, 1.54) is 6.07 Å². The second-order valence-corrected chi connectivity index (χ2v) is 4.51. The number of aliphatic hydroxyl groups is 1. The fraction of sp³-hybridized carbons (Fsp3) is 0.357. The summed E-state index contributed by atoms with van der Waals surface area (Å²) in [5.74, 6) is -1.06. The third-order valence-corrected chi connectivity index (χ3v) is 2.59. The van der Waals surface area contributed by atoms with Gasteiger partial charge in [0.1, 0.15) is 5.75 Å². The maximum Gasteiger partial charge on any atom is 0.332 e. The number of rotatable bonds is 5. The summed E-state index contributed by atoms with van der Waals surface area (Å²) in [5, 5.41) is 27.6. The lowest BCUT2D eigenvalue weighted by Gasteiger charge is -2.08. The lowest BCUT2D eigenvalue weighted by molar-refractivity contribution is -0.146. The van der Waals surface area contributed by atoms with Crippen molar-refractivity contribution < 1.29 is 20.1 Å². The molecule has 18 heavy (non-hydrogen) atoms. The van der Waals surface area contributed by atoms with Crippen molar-refractivity contribution in [3.63, 3.8) is 0 Å². The number of aliphatic carboxylic acids is 1. The molecule has 4 nitrogen and oxygen atoms in total. The molecule has 0 saturated carbocycles. The molecule has 0 aliphatic rings. The van der Waals surface area contributed by atoms with E-state index < -0.39 is 12.1 Å². The Kier molecular flexibility index (Phi) is 4.92. The first-order valence-corrected chi connectivity index (χ1v) is 5.75. The van der Waals surface area contributed by atoms with Crippen LogP contribution in [0, 0.1) is 0 Å². The number of carboxylic acid groups (broad SMARTS) is 1. The highest BCUT2D eigenvalue weighted by Gasteiger charge is 2.14. The topological polar surface area (TPSA) is 77.8 Å². The molecular formula is C14H18O4. The molecule has 1 unspecified atom stereocenters. The van der Waals surface area contributed by atoms with Crippen LogP contribution in [0.1, 0.15) is 25.0 Å². The van der Waals surface area contributed by atoms with E-state index in [1.54, 1.807) is 12.1 Å². The average molecular weight is 250 g/mol. The van der Waals surface area contributed by atoms with E-state index in [9.17, 15) is 15.0 Å². The average Bonchev–Trinajstić information content (AvgIpc) is 2.29. The summed E-state index contributed by atoms with van der Waals surface area (Å²) in [5.41, 5.74) is 2.57. The molecule has 0 spiro atoms. The van der Waals surface area contributed by atoms with E-state index in [2.05, 4.69) is 0 Å². The number of hydrogen-bond acceptors (Lipinski definition) is 3. The zero-order valence-corrected chi connectivity index (χ0v) is 10.6. The molecule has 1 rings (SSSR count). The summed E-state index contributed by atoms with van der Waals surface area (Å²) in [7, 11) is 0. The molecule has 0 aliphatic heterocycles. The number of aliphatic hydroxyl groups excluding tert-OH is 1. The quantitative estimate of drug-likeness (QED) is 0.697. The van der Waals surface area contributed by atoms with Gasteiger partial charge in [0.05, 0.1) is 0 Å². The Morgan fingerprint density at radius 2 is 2.06 bits per heavy atom. The molecule has 0 amide bonds. The van der Waals surface area contributed by atoms with Crippen molar-refractivity contribution in [3.8, 4) is 5.75 Å². The first-order valence-electron chi connectivity index (χ1n) is 5.75. The van der Waals surface area contributed by atoms with E-state index in [-0.39, 0.29) is 12.2 Å². The van der Waals surface area contributed by atoms with Gasteiger partial charge in [-0.05, 0) is 37.5 Å². The Hall–Kier alpha value is -1.81. The van der Waals surface area contributed by atoms with Gasteiger partial charge in [-0.25, -0.2) is 4.79 Å². The van der Waals surface area contributed by atoms with Crippen LogP contribution >= 0.6 is 0 Å². The van der Waals surface area contributed by atoms with Gasteiger partial charge >= 0.3 is 5.97 Å². The Balaban J connectivity index is 2.86. The van der Waals surface area contributed by atoms with Gasteiger partial charge in [-0.2, -0.15) is 0 Å². The fourth-order valence-electron chi connectivity index (χ4n) is 1.55. The zero-order valence-electron chi connectivity index (χ0n) is 10.6. The van der Waals surface area contributed by atoms with Gasteiger partial charge in [-0.3, -0.25) is 0 Å². The van der Waals surface area contributed by atoms with Crippen LogP contribution < -0.4 is 0 Å². The number of phenolic OH excluding ortho intramolecular Hbond substituents is 1. The van der Waals surface area contributed by atoms with Crippen molar-refractivity contribution in [2.45, 2.75) is 32.8 Å². The maximum atomic E-state index is 10.6. The molecular weight excluding hydrogens is 232 g/mol. The monoisotopic (exact) mass is 250 g/mol. The lowest BCUT2D eigenvalue weighted by Crippen LogP contribution is -2.21. The zero-order chi connectivity index (χ0) is 13.7. The SMILES string of the molecule is CC(C)=CCc1cc(CC(O)C(=O)O)ccc1O. The van der Waals surface area contributed by atoms with Crippen LogP contribution in [0.15, 0.2) is 29.8 Å². The molecule has 0 radical (unpaired) electrons. The van der Waals surface area contributed by atoms with Gasteiger partial charge in [-0.1, -0.05) is 23.8 Å². The summed E-state index contributed by atoms with van der Waals surface area (Å²) < 4.78 is 0. The minimum atomic E-state index is -1.41. The molecule has 4 heteroatoms. The van der Waals surface area contributed by atoms with Crippen molar-refractivity contribution in [1.29, 1.82) is 0 Å². The number of carbonyl (C=O) groups is 1. The van der Waals surface area contributed by atoms with Gasteiger partial charge in [0.2, 0.25) is 0 Å². The van der Waals surface area contributed by atoms with E-state index in [0.717, 1.165) is 11.1 Å². The van der Waals surface area contributed by atoms with Gasteiger partial charge < -0.3 is 15.3 Å². The second kappa shape index (κ2) is 6.21. The summed E-state index contributed by atoms with van der Waals surface area (Å²) >= 11 is 0. The van der Waals surface area contributed by atoms with Crippen molar-refractivity contribution in [2.75, 3.05) is 0 Å². The van der Waals surface area contributed by atoms with Crippen molar-refractivity contribution in [1.82, 2.24) is 0 Å². The molecule has 0 bridgehead atoms. The summed E-state index contributed by atoms with van der Waals surface area (Å²) in [6.07, 6.45) is 1.19. The highest BCUT2D eigenvalue weighted by molar-refractivity contribution is 5.72. The van der Waals surface area contributed by atoms with Crippen LogP contribution in [-0.2, 0) is 17.6 Å². The van der Waals surface area contributed by atoms with Gasteiger partial charge in [0.25, 0.3) is 0 Å². The van der Waals surface area contributed by atoms with Crippen LogP contribution in [0.5, 0.6) is 5.75 Å². The Morgan fingerprint density at radius 3 is 2.61 bits per heavy atom. The minimum absolute atomic E-state index is 0.0391. The predicted octanol–water partition coefficient (Wildman–Crippen LogP) is 1.89. The molecule has 98 valence electrons. The predicted molar refractivity (Wildman–Crippen MR) is 68.6 cm³/mol. The lowest BCUT2D eigenvalue weighted by atomic mass is 10.0. The van der Waals surface area contributed by atoms with E-state index >= 15 is 0 Å². The number of phenols is 1. The van der Waals surface area contributed by atoms with Gasteiger partial charge in [0.15, 0.2) is 6.10 Å². The largest absolute Gasteiger partial charge is 0.508 e. The summed E-state index contributed by atoms with van der Waals surface area (Å²) in [4.78, 5) is 10.6. The van der Waals surface area contributed by atoms with Crippen molar-refractivity contribution in [3.05, 3.63) is 41.0 Å². The van der Waals surface area contributed by atoms with Crippen LogP contribution in [0.4, 0.5) is 0 Å². The third kappa shape index (κ3) is 4.22. The Labute approximate surface area is 106 Å². The van der Waals surface area contributed by atoms with Crippen LogP contribution in [0.2, 0.25) is 0 Å². The molecule has 0 heterocycles. The van der Waals surface area contributed by atoms with Crippen LogP contribution in [-0.4, -0.2) is 27.4 Å². The first-order chi connectivity index (χ1) is 8.40. The van der Waals surface area contributed by atoms with Crippen LogP contribution in [0.3, 0.4) is 0 Å².